The number of nitrogens with zero attached hydrogens (tertiary/aromatic N) is 2. The number of amides is 1. The molecule has 0 saturated carbocycles. The molecule has 1 aliphatic rings. The van der Waals surface area contributed by atoms with E-state index in [0.717, 1.165) is 18.5 Å². The molecule has 1 atom stereocenters. The minimum Gasteiger partial charge on any atom is -0.406 e. The summed E-state index contributed by atoms with van der Waals surface area (Å²) in [6.07, 6.45) is -1.04. The van der Waals surface area contributed by atoms with Crippen LogP contribution in [-0.4, -0.2) is 21.8 Å². The first-order valence-electron chi connectivity index (χ1n) is 8.45. The first-order valence-corrected chi connectivity index (χ1v) is 8.45. The zero-order valence-corrected chi connectivity index (χ0v) is 14.5. The van der Waals surface area contributed by atoms with Crippen LogP contribution in [-0.2, 0) is 24.2 Å². The molecule has 1 heterocycles. The Kier molecular flexibility index (Phi) is 5.20. The molecule has 27 heavy (non-hydrogen) atoms. The van der Waals surface area contributed by atoms with Crippen molar-refractivity contribution in [1.82, 2.24) is 14.9 Å². The van der Waals surface area contributed by atoms with Gasteiger partial charge in [-0.05, 0) is 43.9 Å². The zero-order valence-electron chi connectivity index (χ0n) is 14.5. The minimum atomic E-state index is -4.75. The lowest BCUT2D eigenvalue weighted by atomic mass is 10.1. The summed E-state index contributed by atoms with van der Waals surface area (Å²) in [6.45, 7) is 1.53. The second-order valence-electron chi connectivity index (χ2n) is 6.36. The van der Waals surface area contributed by atoms with Crippen molar-refractivity contribution >= 4 is 5.91 Å². The molecule has 1 aromatic heterocycles. The number of carbonyl (C=O) groups is 1. The Bertz CT molecular complexity index is 891. The number of fused-ring (bicyclic) bond motifs is 1. The third kappa shape index (κ3) is 4.66. The van der Waals surface area contributed by atoms with E-state index in [0.29, 0.717) is 17.5 Å². The highest BCUT2D eigenvalue weighted by Crippen LogP contribution is 2.24. The van der Waals surface area contributed by atoms with Crippen LogP contribution < -0.4 is 15.6 Å². The van der Waals surface area contributed by atoms with E-state index in [9.17, 15) is 22.8 Å². The predicted molar refractivity (Wildman–Crippen MR) is 90.2 cm³/mol. The summed E-state index contributed by atoms with van der Waals surface area (Å²) in [5, 5.41) is 2.72. The van der Waals surface area contributed by atoms with Gasteiger partial charge in [-0.2, -0.15) is 0 Å². The number of carbonyl (C=O) groups excluding carboxylic acids is 1. The largest absolute Gasteiger partial charge is 0.573 e. The van der Waals surface area contributed by atoms with Gasteiger partial charge in [-0.1, -0.05) is 12.1 Å². The summed E-state index contributed by atoms with van der Waals surface area (Å²) < 4.78 is 41.6. The molecule has 3 rings (SSSR count). The normalized spacial score (nSPS) is 14.5. The van der Waals surface area contributed by atoms with Crippen LogP contribution in [0.25, 0.3) is 0 Å². The van der Waals surface area contributed by atoms with E-state index in [4.69, 9.17) is 0 Å². The molecule has 1 aliphatic carbocycles. The van der Waals surface area contributed by atoms with Gasteiger partial charge in [0.1, 0.15) is 12.3 Å². The molecule has 6 nitrogen and oxygen atoms in total. The summed E-state index contributed by atoms with van der Waals surface area (Å²) in [5.41, 5.74) is 1.87. The predicted octanol–water partition coefficient (Wildman–Crippen LogP) is 2.51. The van der Waals surface area contributed by atoms with Crippen molar-refractivity contribution in [3.05, 3.63) is 57.8 Å². The van der Waals surface area contributed by atoms with Crippen molar-refractivity contribution in [3.8, 4) is 5.75 Å². The van der Waals surface area contributed by atoms with Gasteiger partial charge in [0.15, 0.2) is 0 Å². The average Bonchev–Trinajstić information content (AvgIpc) is 3.06. The lowest BCUT2D eigenvalue weighted by Crippen LogP contribution is -2.35. The quantitative estimate of drug-likeness (QED) is 0.864. The van der Waals surface area contributed by atoms with Crippen molar-refractivity contribution in [2.24, 2.45) is 0 Å². The van der Waals surface area contributed by atoms with Crippen LogP contribution in [0, 0.1) is 0 Å². The maximum Gasteiger partial charge on any atom is 0.573 e. The lowest BCUT2D eigenvalue weighted by Gasteiger charge is -2.16. The number of alkyl halides is 3. The topological polar surface area (TPSA) is 73.2 Å². The molecule has 9 heteroatoms. The standard InChI is InChI=1S/C18H18F3N3O3/c1-11(12-5-7-13(8-6-12)27-18(19,20)21)23-16(25)9-24-10-22-15-4-2-3-14(15)17(24)26/h5-8,10-11H,2-4,9H2,1H3,(H,23,25). The smallest absolute Gasteiger partial charge is 0.406 e. The van der Waals surface area contributed by atoms with E-state index in [1.807, 2.05) is 0 Å². The molecule has 1 unspecified atom stereocenters. The number of hydrogen-bond acceptors (Lipinski definition) is 4. The van der Waals surface area contributed by atoms with E-state index in [-0.39, 0.29) is 23.8 Å². The van der Waals surface area contributed by atoms with Crippen molar-refractivity contribution < 1.29 is 22.7 Å². The molecular formula is C18H18F3N3O3. The number of halogens is 3. The molecule has 0 saturated heterocycles. The highest BCUT2D eigenvalue weighted by atomic mass is 19.4. The Morgan fingerprint density at radius 2 is 2.00 bits per heavy atom. The van der Waals surface area contributed by atoms with Crippen LogP contribution in [0.1, 0.15) is 36.2 Å². The number of aryl methyl sites for hydroxylation is 1. The third-order valence-corrected chi connectivity index (χ3v) is 4.37. The number of aromatic nitrogens is 2. The van der Waals surface area contributed by atoms with Crippen LogP contribution in [0.2, 0.25) is 0 Å². The van der Waals surface area contributed by atoms with Crippen molar-refractivity contribution in [2.45, 2.75) is 45.1 Å². The third-order valence-electron chi connectivity index (χ3n) is 4.37. The van der Waals surface area contributed by atoms with Crippen LogP contribution >= 0.6 is 0 Å². The fourth-order valence-electron chi connectivity index (χ4n) is 3.06. The molecule has 0 aliphatic heterocycles. The monoisotopic (exact) mass is 381 g/mol. The fraction of sp³-hybridized carbons (Fsp3) is 0.389. The Balaban J connectivity index is 1.62. The first kappa shape index (κ1) is 18.9. The van der Waals surface area contributed by atoms with E-state index in [2.05, 4.69) is 15.0 Å². The average molecular weight is 381 g/mol. The van der Waals surface area contributed by atoms with Gasteiger partial charge in [0.2, 0.25) is 5.91 Å². The number of rotatable bonds is 5. The number of ether oxygens (including phenoxy) is 1. The molecule has 0 fully saturated rings. The summed E-state index contributed by atoms with van der Waals surface area (Å²) in [4.78, 5) is 28.8. The highest BCUT2D eigenvalue weighted by Gasteiger charge is 2.31. The molecule has 0 spiro atoms. The molecule has 1 amide bonds. The van der Waals surface area contributed by atoms with Crippen LogP contribution in [0.5, 0.6) is 5.75 Å². The summed E-state index contributed by atoms with van der Waals surface area (Å²) in [7, 11) is 0. The van der Waals surface area contributed by atoms with Crippen LogP contribution in [0.3, 0.4) is 0 Å². The van der Waals surface area contributed by atoms with Gasteiger partial charge in [-0.15, -0.1) is 13.2 Å². The van der Waals surface area contributed by atoms with E-state index in [1.54, 1.807) is 6.92 Å². The minimum absolute atomic E-state index is 0.168. The Morgan fingerprint density at radius 3 is 2.67 bits per heavy atom. The highest BCUT2D eigenvalue weighted by molar-refractivity contribution is 5.76. The Labute approximate surface area is 153 Å². The number of benzene rings is 1. The van der Waals surface area contributed by atoms with E-state index < -0.39 is 12.4 Å². The summed E-state index contributed by atoms with van der Waals surface area (Å²) in [6, 6.07) is 4.79. The molecule has 1 aromatic carbocycles. The Hall–Kier alpha value is -2.84. The van der Waals surface area contributed by atoms with Crippen LogP contribution in [0.4, 0.5) is 13.2 Å². The number of hydrogen-bond donors (Lipinski definition) is 1. The number of nitrogens with one attached hydrogen (secondary N) is 1. The van der Waals surface area contributed by atoms with Crippen LogP contribution in [0.15, 0.2) is 35.4 Å². The molecule has 0 bridgehead atoms. The maximum absolute atomic E-state index is 12.3. The van der Waals surface area contributed by atoms with Gasteiger partial charge in [-0.3, -0.25) is 14.2 Å². The van der Waals surface area contributed by atoms with Crippen molar-refractivity contribution in [3.63, 3.8) is 0 Å². The van der Waals surface area contributed by atoms with Gasteiger partial charge in [0.25, 0.3) is 5.56 Å². The van der Waals surface area contributed by atoms with Gasteiger partial charge in [0, 0.05) is 5.56 Å². The fourth-order valence-corrected chi connectivity index (χ4v) is 3.06. The van der Waals surface area contributed by atoms with Crippen molar-refractivity contribution in [1.29, 1.82) is 0 Å². The lowest BCUT2D eigenvalue weighted by molar-refractivity contribution is -0.274. The summed E-state index contributed by atoms with van der Waals surface area (Å²) in [5.74, 6) is -0.722. The van der Waals surface area contributed by atoms with Gasteiger partial charge < -0.3 is 10.1 Å². The Morgan fingerprint density at radius 1 is 1.30 bits per heavy atom. The molecular weight excluding hydrogens is 363 g/mol. The maximum atomic E-state index is 12.3. The SMILES string of the molecule is CC(NC(=O)Cn1cnc2c(c1=O)CCC2)c1ccc(OC(F)(F)F)cc1. The summed E-state index contributed by atoms with van der Waals surface area (Å²) >= 11 is 0. The molecule has 144 valence electrons. The molecule has 0 radical (unpaired) electrons. The second kappa shape index (κ2) is 7.42. The van der Waals surface area contributed by atoms with Crippen molar-refractivity contribution in [2.75, 3.05) is 0 Å². The van der Waals surface area contributed by atoms with E-state index in [1.165, 1.54) is 35.2 Å². The van der Waals surface area contributed by atoms with Gasteiger partial charge in [0.05, 0.1) is 18.1 Å². The first-order chi connectivity index (χ1) is 12.7. The zero-order chi connectivity index (χ0) is 19.6. The van der Waals surface area contributed by atoms with Gasteiger partial charge in [-0.25, -0.2) is 4.98 Å². The molecule has 2 aromatic rings. The second-order valence-corrected chi connectivity index (χ2v) is 6.36. The van der Waals surface area contributed by atoms with E-state index >= 15 is 0 Å². The molecule has 1 N–H and O–H groups in total. The van der Waals surface area contributed by atoms with Gasteiger partial charge >= 0.3 is 6.36 Å².